The van der Waals surface area contributed by atoms with E-state index >= 15 is 0 Å². The Morgan fingerprint density at radius 3 is 2.53 bits per heavy atom. The average Bonchev–Trinajstić information content (AvgIpc) is 3.28. The van der Waals surface area contributed by atoms with E-state index in [9.17, 15) is 0 Å². The van der Waals surface area contributed by atoms with Crippen molar-refractivity contribution in [3.63, 3.8) is 0 Å². The van der Waals surface area contributed by atoms with Crippen molar-refractivity contribution in [3.8, 4) is 11.3 Å². The van der Waals surface area contributed by atoms with E-state index in [2.05, 4.69) is 94.7 Å². The Balaban J connectivity index is 1.59. The van der Waals surface area contributed by atoms with Crippen LogP contribution in [0, 0.1) is 0 Å². The van der Waals surface area contributed by atoms with Crippen LogP contribution in [0.1, 0.15) is 17.0 Å². The van der Waals surface area contributed by atoms with Gasteiger partial charge < -0.3 is 4.57 Å². The molecule has 0 radical (unpaired) electrons. The maximum atomic E-state index is 4.87. The molecule has 0 unspecified atom stereocenters. The summed E-state index contributed by atoms with van der Waals surface area (Å²) in [6.07, 6.45) is 8.13. The van der Waals surface area contributed by atoms with Gasteiger partial charge in [0, 0.05) is 40.9 Å². The number of aromatic nitrogens is 3. The Kier molecular flexibility index (Phi) is 5.61. The molecule has 3 aromatic carbocycles. The first-order valence-electron chi connectivity index (χ1n) is 10.5. The summed E-state index contributed by atoms with van der Waals surface area (Å²) < 4.78 is 2.06. The van der Waals surface area contributed by atoms with Crippen LogP contribution in [0.15, 0.2) is 102 Å². The first-order valence-corrected chi connectivity index (χ1v) is 11.7. The lowest BCUT2D eigenvalue weighted by atomic mass is 10.00. The van der Waals surface area contributed by atoms with Gasteiger partial charge in [-0.25, -0.2) is 9.97 Å². The van der Waals surface area contributed by atoms with Gasteiger partial charge in [-0.2, -0.15) is 0 Å². The normalized spacial score (nSPS) is 11.8. The molecule has 2 aromatic heterocycles. The van der Waals surface area contributed by atoms with E-state index in [4.69, 9.17) is 4.98 Å². The number of hydrogen-bond acceptors (Lipinski definition) is 3. The lowest BCUT2D eigenvalue weighted by Gasteiger charge is -2.10. The van der Waals surface area contributed by atoms with Crippen LogP contribution < -0.4 is 0 Å². The van der Waals surface area contributed by atoms with E-state index in [0.29, 0.717) is 0 Å². The van der Waals surface area contributed by atoms with Gasteiger partial charge in [0.2, 0.25) is 0 Å². The minimum absolute atomic E-state index is 0.941. The maximum Gasteiger partial charge on any atom is 0.140 e. The highest BCUT2D eigenvalue weighted by Gasteiger charge is 2.11. The zero-order chi connectivity index (χ0) is 21.9. The number of hydrogen-bond donors (Lipinski definition) is 0. The molecule has 0 saturated carbocycles. The number of para-hydroxylation sites is 1. The van der Waals surface area contributed by atoms with Crippen LogP contribution in [0.25, 0.3) is 33.8 Å². The molecule has 0 bridgehead atoms. The van der Waals surface area contributed by atoms with Crippen molar-refractivity contribution in [3.05, 3.63) is 114 Å². The second kappa shape index (κ2) is 8.85. The maximum absolute atomic E-state index is 4.87. The first-order chi connectivity index (χ1) is 15.7. The fourth-order valence-corrected chi connectivity index (χ4v) is 4.26. The molecule has 5 aromatic rings. The van der Waals surface area contributed by atoms with Gasteiger partial charge in [-0.05, 0) is 53.8 Å². The minimum atomic E-state index is 0.941. The third-order valence-corrected chi connectivity index (χ3v) is 6.30. The Labute approximate surface area is 192 Å². The van der Waals surface area contributed by atoms with Crippen molar-refractivity contribution < 1.29 is 0 Å². The lowest BCUT2D eigenvalue weighted by Crippen LogP contribution is -1.98. The molecule has 0 aliphatic heterocycles. The SMILES string of the molecule is CSc1ccc(/C(=C\c2cccc(-c3ccc4ccccc4n3)c2)c2nccn2C)cc1. The van der Waals surface area contributed by atoms with Gasteiger partial charge in [-0.15, -0.1) is 11.8 Å². The molecule has 156 valence electrons. The van der Waals surface area contributed by atoms with Crippen LogP contribution in [0.5, 0.6) is 0 Å². The van der Waals surface area contributed by atoms with E-state index in [-0.39, 0.29) is 0 Å². The third-order valence-electron chi connectivity index (χ3n) is 5.55. The van der Waals surface area contributed by atoms with Crippen LogP contribution in [-0.4, -0.2) is 20.8 Å². The van der Waals surface area contributed by atoms with Gasteiger partial charge in [0.1, 0.15) is 5.82 Å². The number of fused-ring (bicyclic) bond motifs is 1. The zero-order valence-corrected chi connectivity index (χ0v) is 18.9. The summed E-state index contributed by atoms with van der Waals surface area (Å²) >= 11 is 1.75. The lowest BCUT2D eigenvalue weighted by molar-refractivity contribution is 0.891. The number of rotatable bonds is 5. The first kappa shape index (κ1) is 20.3. The fourth-order valence-electron chi connectivity index (χ4n) is 3.85. The number of aryl methyl sites for hydroxylation is 1. The Morgan fingerprint density at radius 1 is 0.906 bits per heavy atom. The van der Waals surface area contributed by atoms with Gasteiger partial charge in [0.25, 0.3) is 0 Å². The number of nitrogens with zero attached hydrogens (tertiary/aromatic N) is 3. The number of benzene rings is 3. The second-order valence-electron chi connectivity index (χ2n) is 7.66. The van der Waals surface area contributed by atoms with E-state index in [1.54, 1.807) is 11.8 Å². The fraction of sp³-hybridized carbons (Fsp3) is 0.0714. The van der Waals surface area contributed by atoms with Crippen molar-refractivity contribution in [2.24, 2.45) is 7.05 Å². The van der Waals surface area contributed by atoms with Crippen LogP contribution in [-0.2, 0) is 7.05 Å². The largest absolute Gasteiger partial charge is 0.334 e. The molecule has 0 atom stereocenters. The van der Waals surface area contributed by atoms with Crippen LogP contribution >= 0.6 is 11.8 Å². The predicted molar refractivity (Wildman–Crippen MR) is 136 cm³/mol. The summed E-state index contributed by atoms with van der Waals surface area (Å²) in [5.41, 5.74) is 6.43. The molecule has 0 spiro atoms. The molecule has 5 rings (SSSR count). The molecule has 4 heteroatoms. The number of thioether (sulfide) groups is 1. The van der Waals surface area contributed by atoms with Gasteiger partial charge in [-0.1, -0.05) is 54.6 Å². The summed E-state index contributed by atoms with van der Waals surface area (Å²) in [6.45, 7) is 0. The summed E-state index contributed by atoms with van der Waals surface area (Å²) in [7, 11) is 2.03. The standard InChI is InChI=1S/C28H23N3S/c1-31-17-16-29-28(31)25(21-10-13-24(32-2)14-11-21)19-20-6-5-8-23(18-20)27-15-12-22-7-3-4-9-26(22)30-27/h3-19H,1-2H3/b25-19+. The molecule has 0 fully saturated rings. The molecular weight excluding hydrogens is 410 g/mol. The highest BCUT2D eigenvalue weighted by atomic mass is 32.2. The van der Waals surface area contributed by atoms with Gasteiger partial charge in [0.05, 0.1) is 11.2 Å². The molecule has 0 aliphatic rings. The number of pyridine rings is 1. The monoisotopic (exact) mass is 433 g/mol. The highest BCUT2D eigenvalue weighted by molar-refractivity contribution is 7.98. The Bertz CT molecular complexity index is 1410. The van der Waals surface area contributed by atoms with Crippen LogP contribution in [0.2, 0.25) is 0 Å². The highest BCUT2D eigenvalue weighted by Crippen LogP contribution is 2.28. The molecule has 3 nitrogen and oxygen atoms in total. The molecule has 0 saturated heterocycles. The van der Waals surface area contributed by atoms with Crippen molar-refractivity contribution in [1.82, 2.24) is 14.5 Å². The molecule has 32 heavy (non-hydrogen) atoms. The summed E-state index contributed by atoms with van der Waals surface area (Å²) in [6, 6.07) is 29.6. The zero-order valence-electron chi connectivity index (χ0n) is 18.1. The molecule has 0 N–H and O–H groups in total. The Hall–Kier alpha value is -3.63. The summed E-state index contributed by atoms with van der Waals surface area (Å²) in [4.78, 5) is 10.7. The van der Waals surface area contributed by atoms with Crippen LogP contribution in [0.3, 0.4) is 0 Å². The van der Waals surface area contributed by atoms with Gasteiger partial charge in [0.15, 0.2) is 0 Å². The van der Waals surface area contributed by atoms with E-state index < -0.39 is 0 Å². The topological polar surface area (TPSA) is 30.7 Å². The summed E-state index contributed by atoms with van der Waals surface area (Å²) in [5.74, 6) is 0.941. The van der Waals surface area contributed by atoms with Crippen LogP contribution in [0.4, 0.5) is 0 Å². The molecule has 2 heterocycles. The minimum Gasteiger partial charge on any atom is -0.334 e. The number of imidazole rings is 1. The van der Waals surface area contributed by atoms with Crippen molar-refractivity contribution in [2.75, 3.05) is 6.26 Å². The smallest absolute Gasteiger partial charge is 0.140 e. The van der Waals surface area contributed by atoms with Crippen molar-refractivity contribution in [1.29, 1.82) is 0 Å². The summed E-state index contributed by atoms with van der Waals surface area (Å²) in [5, 5.41) is 1.15. The second-order valence-corrected chi connectivity index (χ2v) is 8.54. The van der Waals surface area contributed by atoms with E-state index in [1.165, 1.54) is 4.90 Å². The van der Waals surface area contributed by atoms with Gasteiger partial charge in [-0.3, -0.25) is 0 Å². The molecule has 0 amide bonds. The quantitative estimate of drug-likeness (QED) is 0.222. The predicted octanol–water partition coefficient (Wildman–Crippen LogP) is 6.95. The van der Waals surface area contributed by atoms with Crippen molar-refractivity contribution in [2.45, 2.75) is 4.90 Å². The van der Waals surface area contributed by atoms with Gasteiger partial charge >= 0.3 is 0 Å². The van der Waals surface area contributed by atoms with Crippen molar-refractivity contribution >= 4 is 34.3 Å². The van der Waals surface area contributed by atoms with E-state index in [1.807, 2.05) is 31.6 Å². The van der Waals surface area contributed by atoms with E-state index in [0.717, 1.165) is 44.7 Å². The molecule has 0 aliphatic carbocycles. The molecular formula is C28H23N3S. The third kappa shape index (κ3) is 4.10. The Morgan fingerprint density at radius 2 is 1.75 bits per heavy atom. The average molecular weight is 434 g/mol.